The second kappa shape index (κ2) is 6.52. The number of carbonyl (C=O) groups excluding carboxylic acids is 2. The molecule has 0 amide bonds. The average Bonchev–Trinajstić information content (AvgIpc) is 2.14. The van der Waals surface area contributed by atoms with Gasteiger partial charge in [0.05, 0.1) is 0 Å². The number of hydrogen-bond acceptors (Lipinski definition) is 2. The van der Waals surface area contributed by atoms with E-state index < -0.39 is 0 Å². The third kappa shape index (κ3) is 4.95. The minimum Gasteiger partial charge on any atom is -0.300 e. The predicted octanol–water partition coefficient (Wildman–Crippen LogP) is 2.82. The first-order valence-electron chi connectivity index (χ1n) is 5.47. The van der Waals surface area contributed by atoms with Gasteiger partial charge in [0.1, 0.15) is 11.6 Å². The molecule has 0 heterocycles. The van der Waals surface area contributed by atoms with Gasteiger partial charge in [0.15, 0.2) is 0 Å². The molecular formula is C12H18O2. The van der Waals surface area contributed by atoms with Gasteiger partial charge in [0.2, 0.25) is 0 Å². The first-order chi connectivity index (χ1) is 6.79. The lowest BCUT2D eigenvalue weighted by atomic mass is 10.0. The van der Waals surface area contributed by atoms with Crippen LogP contribution < -0.4 is 0 Å². The van der Waals surface area contributed by atoms with Gasteiger partial charge in [-0.2, -0.15) is 0 Å². The Morgan fingerprint density at radius 1 is 0.714 bits per heavy atom. The molecular weight excluding hydrogens is 176 g/mol. The summed E-state index contributed by atoms with van der Waals surface area (Å²) in [7, 11) is 0. The zero-order valence-corrected chi connectivity index (χ0v) is 8.63. The van der Waals surface area contributed by atoms with Crippen molar-refractivity contribution in [3.05, 3.63) is 12.2 Å². The monoisotopic (exact) mass is 194 g/mol. The lowest BCUT2D eigenvalue weighted by Gasteiger charge is -2.02. The standard InChI is InChI=1S/C12H18O2/c13-11-7-4-2-1-3-5-8-12(14)10-6-9-11/h1-2H,3-10H2/b2-1-. The topological polar surface area (TPSA) is 34.1 Å². The van der Waals surface area contributed by atoms with E-state index in [-0.39, 0.29) is 0 Å². The Labute approximate surface area is 85.4 Å². The highest BCUT2D eigenvalue weighted by Crippen LogP contribution is 2.08. The summed E-state index contributed by atoms with van der Waals surface area (Å²) in [6.45, 7) is 0. The van der Waals surface area contributed by atoms with Gasteiger partial charge in [0.25, 0.3) is 0 Å². The molecule has 1 rings (SSSR count). The summed E-state index contributed by atoms with van der Waals surface area (Å²) < 4.78 is 0. The van der Waals surface area contributed by atoms with Crippen LogP contribution in [0.1, 0.15) is 51.4 Å². The Hall–Kier alpha value is -0.920. The lowest BCUT2D eigenvalue weighted by molar-refractivity contribution is -0.120. The molecule has 0 radical (unpaired) electrons. The van der Waals surface area contributed by atoms with Gasteiger partial charge in [0, 0.05) is 25.7 Å². The van der Waals surface area contributed by atoms with Crippen molar-refractivity contribution in [3.63, 3.8) is 0 Å². The molecule has 0 aliphatic heterocycles. The number of ketones is 2. The largest absolute Gasteiger partial charge is 0.300 e. The zero-order valence-electron chi connectivity index (χ0n) is 8.63. The SMILES string of the molecule is O=C1CC/C=C\CCCC(=O)CCC1. The van der Waals surface area contributed by atoms with Gasteiger partial charge in [-0.25, -0.2) is 0 Å². The van der Waals surface area contributed by atoms with Crippen molar-refractivity contribution >= 4 is 11.6 Å². The van der Waals surface area contributed by atoms with E-state index in [2.05, 4.69) is 12.2 Å². The molecule has 0 fully saturated rings. The normalized spacial score (nSPS) is 23.7. The van der Waals surface area contributed by atoms with Crippen molar-refractivity contribution in [1.29, 1.82) is 0 Å². The maximum Gasteiger partial charge on any atom is 0.133 e. The van der Waals surface area contributed by atoms with E-state index in [4.69, 9.17) is 0 Å². The Balaban J connectivity index is 2.38. The van der Waals surface area contributed by atoms with Crippen LogP contribution in [-0.2, 0) is 9.59 Å². The van der Waals surface area contributed by atoms with Crippen LogP contribution in [0, 0.1) is 0 Å². The summed E-state index contributed by atoms with van der Waals surface area (Å²) in [4.78, 5) is 22.5. The molecule has 0 saturated carbocycles. The van der Waals surface area contributed by atoms with E-state index in [0.29, 0.717) is 37.2 Å². The number of rotatable bonds is 0. The third-order valence-corrected chi connectivity index (χ3v) is 2.49. The summed E-state index contributed by atoms with van der Waals surface area (Å²) in [5, 5.41) is 0. The first kappa shape index (κ1) is 11.2. The van der Waals surface area contributed by atoms with E-state index in [1.54, 1.807) is 0 Å². The van der Waals surface area contributed by atoms with Crippen LogP contribution in [0.2, 0.25) is 0 Å². The summed E-state index contributed by atoms with van der Waals surface area (Å²) >= 11 is 0. The molecule has 0 saturated heterocycles. The van der Waals surface area contributed by atoms with Crippen molar-refractivity contribution in [2.45, 2.75) is 51.4 Å². The van der Waals surface area contributed by atoms with Crippen LogP contribution in [0.5, 0.6) is 0 Å². The van der Waals surface area contributed by atoms with E-state index in [1.165, 1.54) is 0 Å². The maximum absolute atomic E-state index is 11.3. The van der Waals surface area contributed by atoms with Crippen LogP contribution in [-0.4, -0.2) is 11.6 Å². The molecule has 0 aromatic heterocycles. The van der Waals surface area contributed by atoms with E-state index in [9.17, 15) is 9.59 Å². The van der Waals surface area contributed by atoms with Crippen LogP contribution in [0.25, 0.3) is 0 Å². The molecule has 0 atom stereocenters. The fourth-order valence-electron chi connectivity index (χ4n) is 1.63. The zero-order chi connectivity index (χ0) is 10.2. The molecule has 2 nitrogen and oxygen atoms in total. The summed E-state index contributed by atoms with van der Waals surface area (Å²) in [5.41, 5.74) is 0. The maximum atomic E-state index is 11.3. The van der Waals surface area contributed by atoms with Crippen LogP contribution >= 0.6 is 0 Å². The number of carbonyl (C=O) groups is 2. The summed E-state index contributed by atoms with van der Waals surface area (Å²) in [6.07, 6.45) is 10.2. The lowest BCUT2D eigenvalue weighted by Crippen LogP contribution is -2.02. The highest BCUT2D eigenvalue weighted by Gasteiger charge is 2.05. The second-order valence-corrected chi connectivity index (χ2v) is 3.83. The minimum atomic E-state index is 0.294. The van der Waals surface area contributed by atoms with Crippen LogP contribution in [0.3, 0.4) is 0 Å². The van der Waals surface area contributed by atoms with Crippen molar-refractivity contribution in [3.8, 4) is 0 Å². The molecule has 2 heteroatoms. The third-order valence-electron chi connectivity index (χ3n) is 2.49. The quantitative estimate of drug-likeness (QED) is 0.556. The Morgan fingerprint density at radius 2 is 1.29 bits per heavy atom. The highest BCUT2D eigenvalue weighted by atomic mass is 16.1. The molecule has 1 aliphatic rings. The Kier molecular flexibility index (Phi) is 5.20. The average molecular weight is 194 g/mol. The van der Waals surface area contributed by atoms with E-state index in [0.717, 1.165) is 25.7 Å². The molecule has 0 spiro atoms. The van der Waals surface area contributed by atoms with Crippen molar-refractivity contribution in [2.75, 3.05) is 0 Å². The van der Waals surface area contributed by atoms with Crippen molar-refractivity contribution in [2.24, 2.45) is 0 Å². The van der Waals surface area contributed by atoms with Crippen LogP contribution in [0.4, 0.5) is 0 Å². The molecule has 0 bridgehead atoms. The Bertz CT molecular complexity index is 228. The summed E-state index contributed by atoms with van der Waals surface area (Å²) in [5.74, 6) is 0.606. The smallest absolute Gasteiger partial charge is 0.133 e. The fourth-order valence-corrected chi connectivity index (χ4v) is 1.63. The molecule has 0 N–H and O–H groups in total. The molecule has 0 aromatic carbocycles. The first-order valence-corrected chi connectivity index (χ1v) is 5.47. The number of allylic oxidation sites excluding steroid dienone is 2. The predicted molar refractivity (Wildman–Crippen MR) is 56.1 cm³/mol. The molecule has 14 heavy (non-hydrogen) atoms. The second-order valence-electron chi connectivity index (χ2n) is 3.83. The van der Waals surface area contributed by atoms with Crippen LogP contribution in [0.15, 0.2) is 12.2 Å². The van der Waals surface area contributed by atoms with Gasteiger partial charge in [-0.3, -0.25) is 9.59 Å². The van der Waals surface area contributed by atoms with E-state index >= 15 is 0 Å². The summed E-state index contributed by atoms with van der Waals surface area (Å²) in [6, 6.07) is 0. The van der Waals surface area contributed by atoms with Gasteiger partial charge >= 0.3 is 0 Å². The molecule has 0 aromatic rings. The van der Waals surface area contributed by atoms with Gasteiger partial charge in [-0.1, -0.05) is 12.2 Å². The van der Waals surface area contributed by atoms with Crippen molar-refractivity contribution < 1.29 is 9.59 Å². The minimum absolute atomic E-state index is 0.294. The highest BCUT2D eigenvalue weighted by molar-refractivity contribution is 5.81. The Morgan fingerprint density at radius 3 is 2.07 bits per heavy atom. The molecule has 1 aliphatic carbocycles. The fraction of sp³-hybridized carbons (Fsp3) is 0.667. The van der Waals surface area contributed by atoms with E-state index in [1.807, 2.05) is 0 Å². The van der Waals surface area contributed by atoms with Gasteiger partial charge in [-0.05, 0) is 25.7 Å². The number of hydrogen-bond donors (Lipinski definition) is 0. The van der Waals surface area contributed by atoms with Gasteiger partial charge < -0.3 is 0 Å². The number of Topliss-reactive ketones (excluding diaryl/α,β-unsaturated/α-hetero) is 2. The molecule has 0 unspecified atom stereocenters. The van der Waals surface area contributed by atoms with Gasteiger partial charge in [-0.15, -0.1) is 0 Å². The molecule has 78 valence electrons. The van der Waals surface area contributed by atoms with Crippen molar-refractivity contribution in [1.82, 2.24) is 0 Å².